The molecule has 0 bridgehead atoms. The molecule has 19 heavy (non-hydrogen) atoms. The van der Waals surface area contributed by atoms with E-state index in [0.29, 0.717) is 16.6 Å². The fourth-order valence-electron chi connectivity index (χ4n) is 2.21. The van der Waals surface area contributed by atoms with Crippen molar-refractivity contribution in [3.05, 3.63) is 32.4 Å². The molecule has 0 spiro atoms. The lowest BCUT2D eigenvalue weighted by atomic mass is 10.0. The Hall–Kier alpha value is -0.0400. The first-order valence-electron chi connectivity index (χ1n) is 6.02. The molecule has 1 saturated heterocycles. The summed E-state index contributed by atoms with van der Waals surface area (Å²) in [5.41, 5.74) is 0.698. The van der Waals surface area contributed by atoms with E-state index < -0.39 is 0 Å². The predicted octanol–water partition coefficient (Wildman–Crippen LogP) is 3.19. The van der Waals surface area contributed by atoms with E-state index in [4.69, 9.17) is 11.6 Å². The monoisotopic (exact) mass is 414 g/mol. The Morgan fingerprint density at radius 2 is 2.05 bits per heavy atom. The number of hydrogen-bond donors (Lipinski definition) is 1. The first-order valence-corrected chi connectivity index (χ1v) is 7.48. The molecule has 1 aliphatic rings. The molecule has 6 heteroatoms. The summed E-state index contributed by atoms with van der Waals surface area (Å²) < 4.78 is 0.947. The van der Waals surface area contributed by atoms with Gasteiger partial charge < -0.3 is 10.2 Å². The zero-order chi connectivity index (χ0) is 13.1. The number of benzene rings is 1. The highest BCUT2D eigenvalue weighted by molar-refractivity contribution is 14.1. The number of rotatable bonds is 2. The Bertz CT molecular complexity index is 450. The molecule has 0 radical (unpaired) electrons. The predicted molar refractivity (Wildman–Crippen MR) is 89.4 cm³/mol. The molecule has 2 rings (SSSR count). The van der Waals surface area contributed by atoms with Crippen LogP contribution in [-0.2, 0) is 0 Å². The molecule has 0 aromatic heterocycles. The van der Waals surface area contributed by atoms with E-state index in [-0.39, 0.29) is 18.3 Å². The van der Waals surface area contributed by atoms with E-state index in [1.165, 1.54) is 0 Å². The molecule has 1 aromatic carbocycles. The molecule has 1 aliphatic heterocycles. The number of nitrogens with zero attached hydrogens (tertiary/aromatic N) is 1. The number of piperidine rings is 1. The van der Waals surface area contributed by atoms with Gasteiger partial charge in [0.15, 0.2) is 0 Å². The maximum atomic E-state index is 12.5. The van der Waals surface area contributed by atoms with Gasteiger partial charge in [0.2, 0.25) is 0 Å². The third kappa shape index (κ3) is 4.21. The number of hydrogen-bond acceptors (Lipinski definition) is 2. The second-order valence-electron chi connectivity index (χ2n) is 4.52. The summed E-state index contributed by atoms with van der Waals surface area (Å²) in [5.74, 6) is 0.0637. The summed E-state index contributed by atoms with van der Waals surface area (Å²) in [6.45, 7) is 1.96. The summed E-state index contributed by atoms with van der Waals surface area (Å²) in [5, 5.41) is 3.92. The van der Waals surface area contributed by atoms with Crippen molar-refractivity contribution in [3.8, 4) is 0 Å². The normalized spacial score (nSPS) is 15.7. The number of carbonyl (C=O) groups is 1. The van der Waals surface area contributed by atoms with Gasteiger partial charge in [0.05, 0.1) is 5.56 Å². The second-order valence-corrected chi connectivity index (χ2v) is 6.12. The molecule has 0 saturated carbocycles. The van der Waals surface area contributed by atoms with Gasteiger partial charge in [-0.15, -0.1) is 12.4 Å². The standard InChI is InChI=1S/C13H16ClIN2O.ClH/c1-17(10-4-6-16-7-5-10)13(18)11-8-9(14)2-3-12(11)15;/h2-3,8,10,16H,4-7H2,1H3;1H. The minimum atomic E-state index is 0. The van der Waals surface area contributed by atoms with Gasteiger partial charge in [0, 0.05) is 21.7 Å². The van der Waals surface area contributed by atoms with E-state index in [1.807, 2.05) is 24.1 Å². The van der Waals surface area contributed by atoms with Crippen molar-refractivity contribution < 1.29 is 4.79 Å². The van der Waals surface area contributed by atoms with Crippen LogP contribution in [0.2, 0.25) is 5.02 Å². The van der Waals surface area contributed by atoms with Crippen LogP contribution in [0.4, 0.5) is 0 Å². The van der Waals surface area contributed by atoms with Gasteiger partial charge in [-0.05, 0) is 66.7 Å². The Balaban J connectivity index is 0.00000180. The van der Waals surface area contributed by atoms with Crippen molar-refractivity contribution in [1.82, 2.24) is 10.2 Å². The zero-order valence-electron chi connectivity index (χ0n) is 10.7. The molecule has 1 aromatic rings. The van der Waals surface area contributed by atoms with Crippen molar-refractivity contribution >= 4 is 52.5 Å². The van der Waals surface area contributed by atoms with Crippen LogP contribution in [-0.4, -0.2) is 37.0 Å². The lowest BCUT2D eigenvalue weighted by molar-refractivity contribution is 0.0702. The Morgan fingerprint density at radius 1 is 1.42 bits per heavy atom. The summed E-state index contributed by atoms with van der Waals surface area (Å²) in [4.78, 5) is 14.3. The Morgan fingerprint density at radius 3 is 2.68 bits per heavy atom. The average Bonchev–Trinajstić information content (AvgIpc) is 2.41. The smallest absolute Gasteiger partial charge is 0.254 e. The van der Waals surface area contributed by atoms with Crippen LogP contribution in [0.1, 0.15) is 23.2 Å². The van der Waals surface area contributed by atoms with Crippen molar-refractivity contribution in [2.45, 2.75) is 18.9 Å². The summed E-state index contributed by atoms with van der Waals surface area (Å²) in [6.07, 6.45) is 2.03. The first-order chi connectivity index (χ1) is 8.59. The molecule has 1 amide bonds. The zero-order valence-corrected chi connectivity index (χ0v) is 14.4. The molecule has 0 unspecified atom stereocenters. The number of halogens is 3. The summed E-state index contributed by atoms with van der Waals surface area (Å²) in [6, 6.07) is 5.77. The Kier molecular flexibility index (Phi) is 6.86. The van der Waals surface area contributed by atoms with Gasteiger partial charge in [-0.2, -0.15) is 0 Å². The van der Waals surface area contributed by atoms with Crippen LogP contribution in [0.3, 0.4) is 0 Å². The third-order valence-corrected chi connectivity index (χ3v) is 4.51. The molecular weight excluding hydrogens is 398 g/mol. The van der Waals surface area contributed by atoms with Crippen molar-refractivity contribution in [2.24, 2.45) is 0 Å². The van der Waals surface area contributed by atoms with Crippen LogP contribution >= 0.6 is 46.6 Å². The quantitative estimate of drug-likeness (QED) is 0.753. The topological polar surface area (TPSA) is 32.3 Å². The van der Waals surface area contributed by atoms with Crippen LogP contribution in [0.15, 0.2) is 18.2 Å². The SMILES string of the molecule is CN(C(=O)c1cc(Cl)ccc1I)C1CCNCC1.Cl. The van der Waals surface area contributed by atoms with Gasteiger partial charge in [0.1, 0.15) is 0 Å². The molecule has 1 heterocycles. The van der Waals surface area contributed by atoms with Crippen molar-refractivity contribution in [1.29, 1.82) is 0 Å². The van der Waals surface area contributed by atoms with Crippen LogP contribution < -0.4 is 5.32 Å². The average molecular weight is 415 g/mol. The second kappa shape index (κ2) is 7.67. The third-order valence-electron chi connectivity index (χ3n) is 3.34. The minimum absolute atomic E-state index is 0. The lowest BCUT2D eigenvalue weighted by Crippen LogP contribution is -2.44. The van der Waals surface area contributed by atoms with E-state index in [9.17, 15) is 4.79 Å². The van der Waals surface area contributed by atoms with Gasteiger partial charge in [-0.1, -0.05) is 11.6 Å². The van der Waals surface area contributed by atoms with E-state index in [0.717, 1.165) is 29.5 Å². The van der Waals surface area contributed by atoms with Gasteiger partial charge >= 0.3 is 0 Å². The summed E-state index contributed by atoms with van der Waals surface area (Å²) >= 11 is 8.15. The molecule has 0 atom stereocenters. The molecule has 0 aliphatic carbocycles. The molecular formula is C13H17Cl2IN2O. The number of amides is 1. The summed E-state index contributed by atoms with van der Waals surface area (Å²) in [7, 11) is 1.88. The lowest BCUT2D eigenvalue weighted by Gasteiger charge is -2.32. The first kappa shape index (κ1) is 17.0. The van der Waals surface area contributed by atoms with Crippen LogP contribution in [0, 0.1) is 3.57 Å². The fraction of sp³-hybridized carbons (Fsp3) is 0.462. The highest BCUT2D eigenvalue weighted by atomic mass is 127. The molecule has 1 N–H and O–H groups in total. The number of carbonyl (C=O) groups excluding carboxylic acids is 1. The maximum absolute atomic E-state index is 12.5. The Labute approximate surface area is 138 Å². The van der Waals surface area contributed by atoms with Crippen molar-refractivity contribution in [3.63, 3.8) is 0 Å². The van der Waals surface area contributed by atoms with Gasteiger partial charge in [-0.3, -0.25) is 4.79 Å². The molecule has 1 fully saturated rings. The minimum Gasteiger partial charge on any atom is -0.339 e. The highest BCUT2D eigenvalue weighted by Crippen LogP contribution is 2.21. The van der Waals surface area contributed by atoms with E-state index in [2.05, 4.69) is 27.9 Å². The number of nitrogens with one attached hydrogen (secondary N) is 1. The maximum Gasteiger partial charge on any atom is 0.254 e. The van der Waals surface area contributed by atoms with Gasteiger partial charge in [0.25, 0.3) is 5.91 Å². The molecule has 3 nitrogen and oxygen atoms in total. The van der Waals surface area contributed by atoms with E-state index in [1.54, 1.807) is 6.07 Å². The molecule has 106 valence electrons. The largest absolute Gasteiger partial charge is 0.339 e. The van der Waals surface area contributed by atoms with Crippen LogP contribution in [0.25, 0.3) is 0 Å². The van der Waals surface area contributed by atoms with E-state index >= 15 is 0 Å². The fourth-order valence-corrected chi connectivity index (χ4v) is 2.95. The van der Waals surface area contributed by atoms with Crippen LogP contribution in [0.5, 0.6) is 0 Å². The van der Waals surface area contributed by atoms with Crippen molar-refractivity contribution in [2.75, 3.05) is 20.1 Å². The highest BCUT2D eigenvalue weighted by Gasteiger charge is 2.24. The van der Waals surface area contributed by atoms with Gasteiger partial charge in [-0.25, -0.2) is 0 Å².